The van der Waals surface area contributed by atoms with Crippen LogP contribution in [-0.4, -0.2) is 54.1 Å². The summed E-state index contributed by atoms with van der Waals surface area (Å²) in [5, 5.41) is 2.70. The number of nitrogens with zero attached hydrogens (tertiary/aromatic N) is 2. The maximum atomic E-state index is 14.0. The third-order valence-corrected chi connectivity index (χ3v) is 7.11. The van der Waals surface area contributed by atoms with Crippen molar-refractivity contribution in [2.45, 2.75) is 6.54 Å². The molecule has 0 spiro atoms. The number of carbonyl (C=O) groups is 2. The minimum atomic E-state index is -0.432. The number of esters is 1. The van der Waals surface area contributed by atoms with Crippen LogP contribution in [-0.2, 0) is 11.3 Å². The molecule has 1 fully saturated rings. The molecule has 190 valence electrons. The van der Waals surface area contributed by atoms with Crippen LogP contribution in [0.1, 0.15) is 26.3 Å². The predicted molar refractivity (Wildman–Crippen MR) is 148 cm³/mol. The molecule has 6 heteroatoms. The number of benzene rings is 4. The Morgan fingerprint density at radius 1 is 0.763 bits per heavy atom. The van der Waals surface area contributed by atoms with Crippen molar-refractivity contribution >= 4 is 33.4 Å². The molecule has 1 aliphatic heterocycles. The summed E-state index contributed by atoms with van der Waals surface area (Å²) in [6, 6.07) is 28.1. The third kappa shape index (κ3) is 4.84. The smallest absolute Gasteiger partial charge is 0.343 e. The van der Waals surface area contributed by atoms with E-state index in [4.69, 9.17) is 9.47 Å². The summed E-state index contributed by atoms with van der Waals surface area (Å²) in [6.07, 6.45) is 1.94. The first kappa shape index (κ1) is 24.1. The van der Waals surface area contributed by atoms with Crippen LogP contribution in [0.5, 0.6) is 5.75 Å². The number of aromatic nitrogens is 1. The van der Waals surface area contributed by atoms with Gasteiger partial charge >= 0.3 is 5.97 Å². The Kier molecular flexibility index (Phi) is 6.73. The van der Waals surface area contributed by atoms with Crippen LogP contribution in [0, 0.1) is 0 Å². The third-order valence-electron chi connectivity index (χ3n) is 7.11. The molecule has 4 aromatic carbocycles. The van der Waals surface area contributed by atoms with Crippen molar-refractivity contribution in [1.29, 1.82) is 0 Å². The molecule has 0 radical (unpaired) electrons. The predicted octanol–water partition coefficient (Wildman–Crippen LogP) is 5.58. The van der Waals surface area contributed by atoms with E-state index in [-0.39, 0.29) is 5.78 Å². The molecule has 38 heavy (non-hydrogen) atoms. The van der Waals surface area contributed by atoms with Gasteiger partial charge in [0.25, 0.3) is 0 Å². The van der Waals surface area contributed by atoms with E-state index in [2.05, 4.69) is 9.47 Å². The molecule has 0 amide bonds. The fraction of sp³-hybridized carbons (Fsp3) is 0.188. The highest BCUT2D eigenvalue weighted by atomic mass is 16.5. The molecule has 6 nitrogen and oxygen atoms in total. The fourth-order valence-corrected chi connectivity index (χ4v) is 5.09. The summed E-state index contributed by atoms with van der Waals surface area (Å²) in [5.41, 5.74) is 2.65. The van der Waals surface area contributed by atoms with E-state index in [1.54, 1.807) is 36.4 Å². The van der Waals surface area contributed by atoms with Gasteiger partial charge in [-0.3, -0.25) is 9.69 Å². The van der Waals surface area contributed by atoms with E-state index < -0.39 is 5.97 Å². The highest BCUT2D eigenvalue weighted by molar-refractivity contribution is 6.21. The van der Waals surface area contributed by atoms with Gasteiger partial charge in [-0.2, -0.15) is 0 Å². The quantitative estimate of drug-likeness (QED) is 0.165. The van der Waals surface area contributed by atoms with Crippen LogP contribution < -0.4 is 4.74 Å². The lowest BCUT2D eigenvalue weighted by molar-refractivity contribution is 0.0365. The molecule has 2 heterocycles. The molecule has 1 saturated heterocycles. The molecule has 0 bridgehead atoms. The van der Waals surface area contributed by atoms with E-state index in [0.29, 0.717) is 22.4 Å². The summed E-state index contributed by atoms with van der Waals surface area (Å²) in [7, 11) is 0. The fourth-order valence-electron chi connectivity index (χ4n) is 5.09. The van der Waals surface area contributed by atoms with Crippen molar-refractivity contribution in [3.05, 3.63) is 114 Å². The Morgan fingerprint density at radius 3 is 2.37 bits per heavy atom. The van der Waals surface area contributed by atoms with Crippen LogP contribution in [0.4, 0.5) is 0 Å². The lowest BCUT2D eigenvalue weighted by Crippen LogP contribution is -2.38. The zero-order chi connectivity index (χ0) is 25.9. The van der Waals surface area contributed by atoms with E-state index in [1.165, 1.54) is 0 Å². The first-order valence-corrected chi connectivity index (χ1v) is 12.9. The van der Waals surface area contributed by atoms with Gasteiger partial charge in [-0.05, 0) is 41.1 Å². The van der Waals surface area contributed by atoms with Gasteiger partial charge < -0.3 is 14.0 Å². The average molecular weight is 505 g/mol. The van der Waals surface area contributed by atoms with Crippen LogP contribution in [0.3, 0.4) is 0 Å². The Balaban J connectivity index is 1.39. The molecule has 0 saturated carbocycles. The number of fused-ring (bicyclic) bond motifs is 2. The van der Waals surface area contributed by atoms with Crippen LogP contribution in [0.15, 0.2) is 97.2 Å². The van der Waals surface area contributed by atoms with Gasteiger partial charge in [0.2, 0.25) is 0 Å². The summed E-state index contributed by atoms with van der Waals surface area (Å²) < 4.78 is 13.3. The van der Waals surface area contributed by atoms with Crippen molar-refractivity contribution < 1.29 is 19.1 Å². The standard InChI is InChI=1S/C32H28N2O4/c35-31(27-12-6-10-23-7-4-5-11-26(23)27)29-22-34(16-15-33-17-19-37-20-18-33)30-14-13-25(21-28(29)30)38-32(36)24-8-2-1-3-9-24/h1-14,21-22H,15-20H2. The normalized spacial score (nSPS) is 14.1. The number of hydrogen-bond donors (Lipinski definition) is 0. The minimum Gasteiger partial charge on any atom is -0.423 e. The maximum Gasteiger partial charge on any atom is 0.343 e. The van der Waals surface area contributed by atoms with Crippen LogP contribution in [0.2, 0.25) is 0 Å². The van der Waals surface area contributed by atoms with Crippen LogP contribution in [0.25, 0.3) is 21.7 Å². The lowest BCUT2D eigenvalue weighted by Gasteiger charge is -2.26. The number of ketones is 1. The van der Waals surface area contributed by atoms with Gasteiger partial charge in [0.15, 0.2) is 5.78 Å². The van der Waals surface area contributed by atoms with Crippen LogP contribution >= 0.6 is 0 Å². The molecule has 0 N–H and O–H groups in total. The Labute approximate surface area is 221 Å². The average Bonchev–Trinajstić information content (AvgIpc) is 3.34. The van der Waals surface area contributed by atoms with Crippen molar-refractivity contribution in [1.82, 2.24) is 9.47 Å². The second-order valence-corrected chi connectivity index (χ2v) is 9.48. The number of rotatable bonds is 7. The Morgan fingerprint density at radius 2 is 1.53 bits per heavy atom. The molecule has 0 aliphatic carbocycles. The summed E-state index contributed by atoms with van der Waals surface area (Å²) in [5.74, 6) is -0.0775. The molecule has 1 aliphatic rings. The Bertz CT molecular complexity index is 1610. The second-order valence-electron chi connectivity index (χ2n) is 9.48. The van der Waals surface area contributed by atoms with Gasteiger partial charge in [0.05, 0.1) is 18.8 Å². The molecule has 6 rings (SSSR count). The number of ether oxygens (including phenoxy) is 2. The summed E-state index contributed by atoms with van der Waals surface area (Å²) in [4.78, 5) is 29.1. The molecular formula is C32H28N2O4. The molecule has 0 atom stereocenters. The first-order valence-electron chi connectivity index (χ1n) is 12.9. The lowest BCUT2D eigenvalue weighted by atomic mass is 9.97. The van der Waals surface area contributed by atoms with Gasteiger partial charge in [-0.15, -0.1) is 0 Å². The summed E-state index contributed by atoms with van der Waals surface area (Å²) >= 11 is 0. The van der Waals surface area contributed by atoms with E-state index in [0.717, 1.165) is 61.1 Å². The number of morpholine rings is 1. The van der Waals surface area contributed by atoms with E-state index in [9.17, 15) is 9.59 Å². The zero-order valence-electron chi connectivity index (χ0n) is 21.0. The highest BCUT2D eigenvalue weighted by Gasteiger charge is 2.21. The van der Waals surface area contributed by atoms with Gasteiger partial charge in [-0.25, -0.2) is 4.79 Å². The molecule has 0 unspecified atom stereocenters. The highest BCUT2D eigenvalue weighted by Crippen LogP contribution is 2.30. The molecule has 1 aromatic heterocycles. The second kappa shape index (κ2) is 10.6. The molecular weight excluding hydrogens is 476 g/mol. The molecule has 5 aromatic rings. The monoisotopic (exact) mass is 504 g/mol. The first-order chi connectivity index (χ1) is 18.7. The summed E-state index contributed by atoms with van der Waals surface area (Å²) in [6.45, 7) is 4.89. The number of carbonyl (C=O) groups excluding carboxylic acids is 2. The van der Waals surface area contributed by atoms with E-state index in [1.807, 2.05) is 60.8 Å². The van der Waals surface area contributed by atoms with Gasteiger partial charge in [-0.1, -0.05) is 60.7 Å². The van der Waals surface area contributed by atoms with Crippen molar-refractivity contribution in [3.63, 3.8) is 0 Å². The van der Waals surface area contributed by atoms with Crippen molar-refractivity contribution in [2.24, 2.45) is 0 Å². The van der Waals surface area contributed by atoms with Crippen molar-refractivity contribution in [2.75, 3.05) is 32.8 Å². The van der Waals surface area contributed by atoms with E-state index >= 15 is 0 Å². The largest absolute Gasteiger partial charge is 0.423 e. The van der Waals surface area contributed by atoms with Gasteiger partial charge in [0, 0.05) is 54.4 Å². The zero-order valence-corrected chi connectivity index (χ0v) is 21.0. The maximum absolute atomic E-state index is 14.0. The van der Waals surface area contributed by atoms with Crippen molar-refractivity contribution in [3.8, 4) is 5.75 Å². The SMILES string of the molecule is O=C(Oc1ccc2c(c1)c(C(=O)c1cccc3ccccc13)cn2CCN1CCOCC1)c1ccccc1. The number of hydrogen-bond acceptors (Lipinski definition) is 5. The van der Waals surface area contributed by atoms with Gasteiger partial charge in [0.1, 0.15) is 5.75 Å². The topological polar surface area (TPSA) is 60.8 Å². The Hall–Kier alpha value is -4.26. The minimum absolute atomic E-state index is 0.0524.